The Balaban J connectivity index is 1.45. The van der Waals surface area contributed by atoms with Crippen LogP contribution < -0.4 is 4.74 Å². The van der Waals surface area contributed by atoms with Crippen LogP contribution >= 0.6 is 0 Å². The number of hydrogen-bond acceptors (Lipinski definition) is 4. The molecule has 1 aromatic carbocycles. The number of ether oxygens (including phenoxy) is 1. The number of rotatable bonds is 2. The lowest BCUT2D eigenvalue weighted by molar-refractivity contribution is 0.0720. The number of methoxy groups -OCH3 is 1. The lowest BCUT2D eigenvalue weighted by Gasteiger charge is -2.26. The minimum atomic E-state index is -0.139. The van der Waals surface area contributed by atoms with Gasteiger partial charge in [0.15, 0.2) is 5.69 Å². The fourth-order valence-electron chi connectivity index (χ4n) is 4.06. The Morgan fingerprint density at radius 2 is 2.07 bits per heavy atom. The van der Waals surface area contributed by atoms with Crippen molar-refractivity contribution in [2.45, 2.75) is 19.5 Å². The molecular formula is C20H21N5O3. The van der Waals surface area contributed by atoms with Crippen LogP contribution in [0.4, 0.5) is 0 Å². The first-order valence-corrected chi connectivity index (χ1v) is 9.35. The zero-order valence-electron chi connectivity index (χ0n) is 15.9. The fraction of sp³-hybridized carbons (Fsp3) is 0.350. The molecule has 5 rings (SSSR count). The molecule has 8 nitrogen and oxygen atoms in total. The van der Waals surface area contributed by atoms with Gasteiger partial charge in [-0.2, -0.15) is 5.10 Å². The second-order valence-corrected chi connectivity index (χ2v) is 7.33. The third-order valence-electron chi connectivity index (χ3n) is 5.68. The Morgan fingerprint density at radius 1 is 1.21 bits per heavy atom. The highest BCUT2D eigenvalue weighted by atomic mass is 16.5. The standard InChI is InChI=1S/C20H21N5O3/c1-23-7-8-25-18(20(23)27)10-17(22-25)19(26)24-6-5-16-14(11-24)13-9-12(28-2)3-4-15(13)21-16/h3-4,9-10,21H,5-8,11H2,1-2H3. The number of likely N-dealkylation sites (N-methyl/N-ethyl adjacent to an activating group) is 1. The van der Waals surface area contributed by atoms with Crippen molar-refractivity contribution in [3.63, 3.8) is 0 Å². The summed E-state index contributed by atoms with van der Waals surface area (Å²) in [5, 5.41) is 5.47. The predicted molar refractivity (Wildman–Crippen MR) is 102 cm³/mol. The van der Waals surface area contributed by atoms with Gasteiger partial charge in [0.05, 0.1) is 13.7 Å². The monoisotopic (exact) mass is 379 g/mol. The van der Waals surface area contributed by atoms with E-state index in [0.29, 0.717) is 37.6 Å². The Labute approximate surface area is 161 Å². The van der Waals surface area contributed by atoms with Crippen molar-refractivity contribution in [1.82, 2.24) is 24.6 Å². The van der Waals surface area contributed by atoms with E-state index < -0.39 is 0 Å². The highest BCUT2D eigenvalue weighted by Gasteiger charge is 2.30. The summed E-state index contributed by atoms with van der Waals surface area (Å²) >= 11 is 0. The summed E-state index contributed by atoms with van der Waals surface area (Å²) in [4.78, 5) is 32.3. The number of aromatic nitrogens is 3. The summed E-state index contributed by atoms with van der Waals surface area (Å²) in [7, 11) is 3.41. The first-order chi connectivity index (χ1) is 13.5. The van der Waals surface area contributed by atoms with Crippen LogP contribution in [0.2, 0.25) is 0 Å². The van der Waals surface area contributed by atoms with Crippen molar-refractivity contribution in [3.8, 4) is 5.75 Å². The molecule has 28 heavy (non-hydrogen) atoms. The van der Waals surface area contributed by atoms with Gasteiger partial charge in [-0.25, -0.2) is 0 Å². The van der Waals surface area contributed by atoms with Gasteiger partial charge in [-0.15, -0.1) is 0 Å². The van der Waals surface area contributed by atoms with Gasteiger partial charge in [0.25, 0.3) is 11.8 Å². The third-order valence-corrected chi connectivity index (χ3v) is 5.68. The van der Waals surface area contributed by atoms with Crippen LogP contribution in [0.1, 0.15) is 32.2 Å². The second kappa shape index (κ2) is 6.12. The van der Waals surface area contributed by atoms with Gasteiger partial charge in [-0.3, -0.25) is 14.3 Å². The van der Waals surface area contributed by atoms with E-state index in [-0.39, 0.29) is 11.8 Å². The van der Waals surface area contributed by atoms with Gasteiger partial charge in [0.2, 0.25) is 0 Å². The lowest BCUT2D eigenvalue weighted by atomic mass is 10.0. The van der Waals surface area contributed by atoms with E-state index in [9.17, 15) is 9.59 Å². The minimum Gasteiger partial charge on any atom is -0.497 e. The maximum Gasteiger partial charge on any atom is 0.274 e. The molecule has 0 atom stereocenters. The molecule has 144 valence electrons. The molecule has 0 spiro atoms. The average Bonchev–Trinajstić information content (AvgIpc) is 3.31. The minimum absolute atomic E-state index is 0.0949. The van der Waals surface area contributed by atoms with E-state index in [4.69, 9.17) is 4.74 Å². The lowest BCUT2D eigenvalue weighted by Crippen LogP contribution is -2.37. The highest BCUT2D eigenvalue weighted by Crippen LogP contribution is 2.31. The van der Waals surface area contributed by atoms with E-state index in [1.807, 2.05) is 18.2 Å². The summed E-state index contributed by atoms with van der Waals surface area (Å²) in [6.45, 7) is 2.34. The smallest absolute Gasteiger partial charge is 0.274 e. The van der Waals surface area contributed by atoms with Crippen molar-refractivity contribution in [2.75, 3.05) is 27.2 Å². The summed E-state index contributed by atoms with van der Waals surface area (Å²) < 4.78 is 6.99. The van der Waals surface area contributed by atoms with Gasteiger partial charge < -0.3 is 19.5 Å². The van der Waals surface area contributed by atoms with E-state index in [1.165, 1.54) is 0 Å². The zero-order chi connectivity index (χ0) is 19.4. The number of hydrogen-bond donors (Lipinski definition) is 1. The van der Waals surface area contributed by atoms with Crippen LogP contribution in [0.5, 0.6) is 5.75 Å². The number of benzene rings is 1. The summed E-state index contributed by atoms with van der Waals surface area (Å²) in [5.74, 6) is 0.560. The number of aromatic amines is 1. The number of carbonyl (C=O) groups excluding carboxylic acids is 2. The first-order valence-electron chi connectivity index (χ1n) is 9.35. The molecule has 0 bridgehead atoms. The van der Waals surface area contributed by atoms with E-state index in [1.54, 1.807) is 34.7 Å². The van der Waals surface area contributed by atoms with Crippen molar-refractivity contribution >= 4 is 22.7 Å². The maximum absolute atomic E-state index is 13.1. The van der Waals surface area contributed by atoms with Gasteiger partial charge in [-0.1, -0.05) is 0 Å². The molecule has 2 aliphatic rings. The number of amides is 2. The van der Waals surface area contributed by atoms with E-state index >= 15 is 0 Å². The van der Waals surface area contributed by atoms with Crippen LogP contribution in [-0.2, 0) is 19.5 Å². The van der Waals surface area contributed by atoms with Crippen molar-refractivity contribution in [1.29, 1.82) is 0 Å². The second-order valence-electron chi connectivity index (χ2n) is 7.33. The molecule has 0 aliphatic carbocycles. The quantitative estimate of drug-likeness (QED) is 0.734. The molecule has 0 saturated heterocycles. The molecule has 0 unspecified atom stereocenters. The number of nitrogens with zero attached hydrogens (tertiary/aromatic N) is 4. The Bertz CT molecular complexity index is 1110. The van der Waals surface area contributed by atoms with Gasteiger partial charge in [0, 0.05) is 61.3 Å². The molecule has 2 aromatic heterocycles. The first kappa shape index (κ1) is 16.9. The average molecular weight is 379 g/mol. The Hall–Kier alpha value is -3.29. The number of fused-ring (bicyclic) bond motifs is 4. The zero-order valence-corrected chi connectivity index (χ0v) is 15.9. The Kier molecular flexibility index (Phi) is 3.68. The van der Waals surface area contributed by atoms with Crippen LogP contribution in [0, 0.1) is 0 Å². The molecule has 2 aliphatic heterocycles. The van der Waals surface area contributed by atoms with Crippen LogP contribution in [0.3, 0.4) is 0 Å². The van der Waals surface area contributed by atoms with E-state index in [0.717, 1.165) is 34.3 Å². The van der Waals surface area contributed by atoms with Gasteiger partial charge >= 0.3 is 0 Å². The summed E-state index contributed by atoms with van der Waals surface area (Å²) in [6, 6.07) is 7.55. The fourth-order valence-corrected chi connectivity index (χ4v) is 4.06. The van der Waals surface area contributed by atoms with Crippen molar-refractivity contribution in [3.05, 3.63) is 46.9 Å². The molecule has 4 heterocycles. The highest BCUT2D eigenvalue weighted by molar-refractivity contribution is 5.98. The molecule has 0 saturated carbocycles. The molecule has 2 amide bonds. The molecule has 0 radical (unpaired) electrons. The van der Waals surface area contributed by atoms with Gasteiger partial charge in [0.1, 0.15) is 11.4 Å². The largest absolute Gasteiger partial charge is 0.497 e. The third kappa shape index (κ3) is 2.48. The van der Waals surface area contributed by atoms with E-state index in [2.05, 4.69) is 10.1 Å². The summed E-state index contributed by atoms with van der Waals surface area (Å²) in [5.41, 5.74) is 4.14. The van der Waals surface area contributed by atoms with Crippen LogP contribution in [-0.4, -0.2) is 63.6 Å². The molecule has 1 N–H and O–H groups in total. The Morgan fingerprint density at radius 3 is 2.89 bits per heavy atom. The van der Waals surface area contributed by atoms with Crippen LogP contribution in [0.25, 0.3) is 10.9 Å². The normalized spacial score (nSPS) is 16.3. The SMILES string of the molecule is COc1ccc2[nH]c3c(c2c1)CN(C(=O)c1cc2n(n1)CCN(C)C2=O)CC3. The summed E-state index contributed by atoms with van der Waals surface area (Å²) in [6.07, 6.45) is 0.757. The molecule has 0 fully saturated rings. The van der Waals surface area contributed by atoms with Crippen molar-refractivity contribution in [2.24, 2.45) is 0 Å². The van der Waals surface area contributed by atoms with Crippen molar-refractivity contribution < 1.29 is 14.3 Å². The number of nitrogens with one attached hydrogen (secondary N) is 1. The predicted octanol–water partition coefficient (Wildman–Crippen LogP) is 1.66. The topological polar surface area (TPSA) is 83.5 Å². The maximum atomic E-state index is 13.1. The molecule has 8 heteroatoms. The molecular weight excluding hydrogens is 358 g/mol. The van der Waals surface area contributed by atoms with Crippen LogP contribution in [0.15, 0.2) is 24.3 Å². The number of H-pyrrole nitrogens is 1. The molecule has 3 aromatic rings. The van der Waals surface area contributed by atoms with Gasteiger partial charge in [-0.05, 0) is 18.2 Å². The number of carbonyl (C=O) groups is 2.